The second-order valence-corrected chi connectivity index (χ2v) is 9.46. The highest BCUT2D eigenvalue weighted by Crippen LogP contribution is 2.33. The van der Waals surface area contributed by atoms with Crippen LogP contribution >= 0.6 is 0 Å². The number of carboxylic acid groups (broad SMARTS) is 3. The number of aliphatic hydroxyl groups excluding tert-OH is 1. The maximum Gasteiger partial charge on any atom is 0.336 e. The van der Waals surface area contributed by atoms with Gasteiger partial charge in [0.25, 0.3) is 0 Å². The lowest BCUT2D eigenvalue weighted by Crippen LogP contribution is -2.42. The number of carboxylic acids is 3. The minimum Gasteiger partial charge on any atom is -0.481 e. The first kappa shape index (κ1) is 31.7. The van der Waals surface area contributed by atoms with E-state index in [0.29, 0.717) is 31.4 Å². The highest BCUT2D eigenvalue weighted by atomic mass is 16.7. The van der Waals surface area contributed by atoms with Gasteiger partial charge in [-0.2, -0.15) is 0 Å². The van der Waals surface area contributed by atoms with Crippen LogP contribution in [-0.4, -0.2) is 83.4 Å². The fourth-order valence-electron chi connectivity index (χ4n) is 3.98. The van der Waals surface area contributed by atoms with Crippen molar-refractivity contribution >= 4 is 17.9 Å². The Hall–Kier alpha value is -4.79. The van der Waals surface area contributed by atoms with Crippen LogP contribution in [-0.2, 0) is 27.5 Å². The molecule has 5 N–H and O–H groups in total. The molecule has 3 aromatic rings. The normalized spacial score (nSPS) is 12.7. The number of hydrogen-bond donors (Lipinski definition) is 5. The molecule has 0 aliphatic carbocycles. The van der Waals surface area contributed by atoms with Crippen molar-refractivity contribution in [2.75, 3.05) is 13.3 Å². The van der Waals surface area contributed by atoms with Gasteiger partial charge in [-0.25, -0.2) is 14.8 Å². The Morgan fingerprint density at radius 3 is 2.14 bits per heavy atom. The van der Waals surface area contributed by atoms with Gasteiger partial charge in [0.2, 0.25) is 6.79 Å². The van der Waals surface area contributed by atoms with E-state index in [1.807, 2.05) is 42.5 Å². The van der Waals surface area contributed by atoms with Crippen molar-refractivity contribution in [2.45, 2.75) is 44.6 Å². The fourth-order valence-corrected chi connectivity index (χ4v) is 3.98. The van der Waals surface area contributed by atoms with E-state index >= 15 is 0 Å². The molecule has 0 spiro atoms. The zero-order chi connectivity index (χ0) is 30.7. The molecule has 0 fully saturated rings. The number of aliphatic hydroxyl groups is 2. The molecule has 2 aromatic carbocycles. The van der Waals surface area contributed by atoms with Gasteiger partial charge in [-0.15, -0.1) is 0 Å². The number of hydrogen-bond acceptors (Lipinski definition) is 11. The molecule has 4 rings (SSSR count). The number of benzene rings is 2. The van der Waals surface area contributed by atoms with Crippen LogP contribution in [0.25, 0.3) is 0 Å². The van der Waals surface area contributed by atoms with Crippen LogP contribution in [0.15, 0.2) is 60.9 Å². The first-order chi connectivity index (χ1) is 19.9. The molecule has 1 aliphatic heterocycles. The van der Waals surface area contributed by atoms with Crippen molar-refractivity contribution in [3.8, 4) is 23.3 Å². The van der Waals surface area contributed by atoms with Gasteiger partial charge in [-0.3, -0.25) is 14.5 Å². The first-order valence-electron chi connectivity index (χ1n) is 12.7. The highest BCUT2D eigenvalue weighted by molar-refractivity contribution is 5.88. The summed E-state index contributed by atoms with van der Waals surface area (Å²) in [4.78, 5) is 40.8. The predicted octanol–water partition coefficient (Wildman–Crippen LogP) is 2.13. The predicted molar refractivity (Wildman–Crippen MR) is 144 cm³/mol. The summed E-state index contributed by atoms with van der Waals surface area (Å²) < 4.78 is 16.6. The van der Waals surface area contributed by atoms with Crippen molar-refractivity contribution in [3.63, 3.8) is 0 Å². The fraction of sp³-hybridized carbons (Fsp3) is 0.321. The average molecular weight is 586 g/mol. The number of ether oxygens (including phenoxy) is 3. The minimum absolute atomic E-state index is 0.258. The third-order valence-electron chi connectivity index (χ3n) is 5.71. The lowest BCUT2D eigenvalue weighted by atomic mass is 9.96. The lowest BCUT2D eigenvalue weighted by Gasteiger charge is -2.24. The first-order valence-corrected chi connectivity index (χ1v) is 12.7. The summed E-state index contributed by atoms with van der Waals surface area (Å²) in [6.07, 6.45) is 0.550. The molecule has 0 radical (unpaired) electrons. The zero-order valence-corrected chi connectivity index (χ0v) is 22.6. The Kier molecular flexibility index (Phi) is 11.1. The van der Waals surface area contributed by atoms with Crippen molar-refractivity contribution < 1.29 is 54.1 Å². The quantitative estimate of drug-likeness (QED) is 0.195. The zero-order valence-electron chi connectivity index (χ0n) is 22.6. The van der Waals surface area contributed by atoms with Gasteiger partial charge in [0.1, 0.15) is 5.75 Å². The SMILES string of the molecule is CC(O)CN(Cc1cccc(Oc2ncccn2)c1)Cc1ccc2c(c1)OCO2.O=C(O)CC(O)(CC(=O)O)C(=O)O. The van der Waals surface area contributed by atoms with Gasteiger partial charge in [-0.1, -0.05) is 18.2 Å². The van der Waals surface area contributed by atoms with Crippen molar-refractivity contribution in [1.29, 1.82) is 0 Å². The molecule has 0 saturated heterocycles. The molecule has 224 valence electrons. The topological polar surface area (TPSA) is 209 Å². The highest BCUT2D eigenvalue weighted by Gasteiger charge is 2.40. The van der Waals surface area contributed by atoms with Crippen LogP contribution in [0.3, 0.4) is 0 Å². The Balaban J connectivity index is 0.000000316. The van der Waals surface area contributed by atoms with Gasteiger partial charge in [0, 0.05) is 32.0 Å². The minimum atomic E-state index is -2.74. The van der Waals surface area contributed by atoms with Crippen molar-refractivity contribution in [2.24, 2.45) is 0 Å². The van der Waals surface area contributed by atoms with E-state index in [4.69, 9.17) is 34.6 Å². The van der Waals surface area contributed by atoms with Gasteiger partial charge >= 0.3 is 23.9 Å². The number of aromatic nitrogens is 2. The van der Waals surface area contributed by atoms with Crippen molar-refractivity contribution in [1.82, 2.24) is 14.9 Å². The molecular weight excluding hydrogens is 554 g/mol. The molecule has 2 heterocycles. The summed E-state index contributed by atoms with van der Waals surface area (Å²) >= 11 is 0. The van der Waals surface area contributed by atoms with Crippen LogP contribution in [0.2, 0.25) is 0 Å². The summed E-state index contributed by atoms with van der Waals surface area (Å²) in [6, 6.07) is 15.8. The third-order valence-corrected chi connectivity index (χ3v) is 5.71. The maximum atomic E-state index is 10.3. The standard InChI is InChI=1S/C22H23N3O4.C6H8O7/c1-16(26)12-25(14-18-6-7-20-21(11-18)28-15-27-20)13-17-4-2-5-19(10-17)29-22-23-8-3-9-24-22;7-3(8)1-6(13,5(11)12)2-4(9)10/h2-11,16,26H,12-15H2,1H3;13H,1-2H2,(H,7,8)(H,9,10)(H,11,12). The Morgan fingerprint density at radius 2 is 1.55 bits per heavy atom. The van der Waals surface area contributed by atoms with Crippen LogP contribution in [0, 0.1) is 0 Å². The molecule has 1 unspecified atom stereocenters. The molecule has 1 atom stereocenters. The number of fused-ring (bicyclic) bond motifs is 1. The second kappa shape index (κ2) is 14.7. The maximum absolute atomic E-state index is 10.3. The van der Waals surface area contributed by atoms with Gasteiger partial charge < -0.3 is 39.7 Å². The lowest BCUT2D eigenvalue weighted by molar-refractivity contribution is -0.170. The van der Waals surface area contributed by atoms with E-state index in [1.165, 1.54) is 0 Å². The van der Waals surface area contributed by atoms with Crippen LogP contribution in [0.5, 0.6) is 23.3 Å². The monoisotopic (exact) mass is 585 g/mol. The van der Waals surface area contributed by atoms with Gasteiger partial charge in [0.15, 0.2) is 17.1 Å². The van der Waals surface area contributed by atoms with Crippen LogP contribution < -0.4 is 14.2 Å². The Labute approximate surface area is 240 Å². The molecule has 0 amide bonds. The Bertz CT molecular complexity index is 1350. The summed E-state index contributed by atoms with van der Waals surface area (Å²) in [5.41, 5.74) is -0.572. The molecule has 0 bridgehead atoms. The summed E-state index contributed by atoms with van der Waals surface area (Å²) in [5, 5.41) is 43.8. The number of rotatable bonds is 13. The van der Waals surface area contributed by atoms with Crippen LogP contribution in [0.4, 0.5) is 0 Å². The molecule has 1 aromatic heterocycles. The molecule has 14 nitrogen and oxygen atoms in total. The molecule has 42 heavy (non-hydrogen) atoms. The number of carbonyl (C=O) groups is 3. The molecular formula is C28H31N3O11. The summed E-state index contributed by atoms with van der Waals surface area (Å²) in [6.45, 7) is 3.93. The molecule has 1 aliphatic rings. The van der Waals surface area contributed by atoms with Crippen molar-refractivity contribution in [3.05, 3.63) is 72.1 Å². The second-order valence-electron chi connectivity index (χ2n) is 9.46. The third kappa shape index (κ3) is 9.99. The van der Waals surface area contributed by atoms with E-state index in [9.17, 15) is 19.5 Å². The largest absolute Gasteiger partial charge is 0.481 e. The van der Waals surface area contributed by atoms with E-state index in [2.05, 4.69) is 14.9 Å². The van der Waals surface area contributed by atoms with Crippen LogP contribution in [0.1, 0.15) is 30.9 Å². The average Bonchev–Trinajstić information content (AvgIpc) is 3.36. The summed E-state index contributed by atoms with van der Waals surface area (Å²) in [7, 11) is 0. The van der Waals surface area contributed by atoms with E-state index in [1.54, 1.807) is 25.4 Å². The number of aliphatic carboxylic acids is 3. The van der Waals surface area contributed by atoms with E-state index < -0.39 is 42.5 Å². The molecule has 14 heteroatoms. The Morgan fingerprint density at radius 1 is 0.929 bits per heavy atom. The van der Waals surface area contributed by atoms with Gasteiger partial charge in [-0.05, 0) is 48.4 Å². The number of nitrogens with zero attached hydrogens (tertiary/aromatic N) is 3. The van der Waals surface area contributed by atoms with Gasteiger partial charge in [0.05, 0.1) is 18.9 Å². The van der Waals surface area contributed by atoms with E-state index in [0.717, 1.165) is 22.6 Å². The smallest absolute Gasteiger partial charge is 0.336 e. The van der Waals surface area contributed by atoms with E-state index in [-0.39, 0.29) is 6.79 Å². The summed E-state index contributed by atoms with van der Waals surface area (Å²) in [5.74, 6) is -2.81. The molecule has 0 saturated carbocycles.